The number of rotatable bonds is 4. The lowest BCUT2D eigenvalue weighted by Gasteiger charge is -2.02. The van der Waals surface area contributed by atoms with Gasteiger partial charge in [0.2, 0.25) is 0 Å². The molecule has 0 bridgehead atoms. The van der Waals surface area contributed by atoms with E-state index in [4.69, 9.17) is 11.6 Å². The van der Waals surface area contributed by atoms with Crippen LogP contribution in [0, 0.1) is 0 Å². The van der Waals surface area contributed by atoms with Gasteiger partial charge < -0.3 is 4.74 Å². The van der Waals surface area contributed by atoms with E-state index in [0.29, 0.717) is 17.0 Å². The minimum Gasteiger partial charge on any atom is -0.466 e. The Kier molecular flexibility index (Phi) is 4.80. The second-order valence-corrected chi connectivity index (χ2v) is 3.76. The lowest BCUT2D eigenvalue weighted by molar-refractivity contribution is -0.136. The number of carbonyl (C=O) groups is 1. The van der Waals surface area contributed by atoms with Crippen molar-refractivity contribution >= 4 is 23.6 Å². The van der Waals surface area contributed by atoms with Crippen LogP contribution in [0.5, 0.6) is 0 Å². The van der Waals surface area contributed by atoms with E-state index in [9.17, 15) is 4.79 Å². The maximum absolute atomic E-state index is 11.1. The van der Waals surface area contributed by atoms with Gasteiger partial charge in [-0.15, -0.1) is 0 Å². The normalized spacial score (nSPS) is 11.0. The molecule has 0 spiro atoms. The zero-order valence-electron chi connectivity index (χ0n) is 9.07. The Morgan fingerprint density at radius 2 is 2.06 bits per heavy atom. The van der Waals surface area contributed by atoms with E-state index in [2.05, 4.69) is 11.3 Å². The average molecular weight is 237 g/mol. The van der Waals surface area contributed by atoms with Gasteiger partial charge >= 0.3 is 5.97 Å². The van der Waals surface area contributed by atoms with Gasteiger partial charge in [0.25, 0.3) is 0 Å². The van der Waals surface area contributed by atoms with Crippen molar-refractivity contribution in [3.05, 3.63) is 53.1 Å². The van der Waals surface area contributed by atoms with E-state index in [1.165, 1.54) is 7.11 Å². The van der Waals surface area contributed by atoms with Gasteiger partial charge in [-0.3, -0.25) is 0 Å². The fourth-order valence-corrected chi connectivity index (χ4v) is 1.49. The molecule has 0 aromatic heterocycles. The molecule has 1 aromatic carbocycles. The summed E-state index contributed by atoms with van der Waals surface area (Å²) in [5.41, 5.74) is 1.34. The molecular formula is C13H13ClO2. The Morgan fingerprint density at radius 1 is 1.44 bits per heavy atom. The molecule has 16 heavy (non-hydrogen) atoms. The quantitative estimate of drug-likeness (QED) is 0.592. The third kappa shape index (κ3) is 3.91. The predicted molar refractivity (Wildman–Crippen MR) is 66.0 cm³/mol. The monoisotopic (exact) mass is 236 g/mol. The SMILES string of the molecule is C=C(CC(Cl)=Cc1ccccc1)C(=O)OC. The van der Waals surface area contributed by atoms with Crippen molar-refractivity contribution in [2.45, 2.75) is 6.42 Å². The fraction of sp³-hybridized carbons (Fsp3) is 0.154. The summed E-state index contributed by atoms with van der Waals surface area (Å²) < 4.78 is 4.54. The predicted octanol–water partition coefficient (Wildman–Crippen LogP) is 3.39. The van der Waals surface area contributed by atoms with Crippen LogP contribution in [0.25, 0.3) is 6.08 Å². The molecule has 84 valence electrons. The summed E-state index contributed by atoms with van der Waals surface area (Å²) >= 11 is 6.00. The fourth-order valence-electron chi connectivity index (χ4n) is 1.20. The molecule has 0 aliphatic carbocycles. The third-order valence-corrected chi connectivity index (χ3v) is 2.22. The van der Waals surface area contributed by atoms with E-state index in [1.54, 1.807) is 6.08 Å². The summed E-state index contributed by atoms with van der Waals surface area (Å²) in [6, 6.07) is 9.64. The first-order chi connectivity index (χ1) is 7.63. The summed E-state index contributed by atoms with van der Waals surface area (Å²) in [6.45, 7) is 3.61. The van der Waals surface area contributed by atoms with Crippen molar-refractivity contribution in [1.82, 2.24) is 0 Å². The number of carbonyl (C=O) groups excluding carboxylic acids is 1. The maximum atomic E-state index is 11.1. The van der Waals surface area contributed by atoms with Crippen LogP contribution in [0.15, 0.2) is 47.5 Å². The van der Waals surface area contributed by atoms with Crippen LogP contribution in [-0.4, -0.2) is 13.1 Å². The van der Waals surface area contributed by atoms with Crippen LogP contribution in [0.1, 0.15) is 12.0 Å². The van der Waals surface area contributed by atoms with Crippen LogP contribution < -0.4 is 0 Å². The smallest absolute Gasteiger partial charge is 0.333 e. The number of ether oxygens (including phenoxy) is 1. The molecule has 0 aliphatic heterocycles. The molecule has 0 amide bonds. The molecule has 0 radical (unpaired) electrons. The number of allylic oxidation sites excluding steroid dienone is 1. The maximum Gasteiger partial charge on any atom is 0.333 e. The minimum absolute atomic E-state index is 0.309. The first-order valence-electron chi connectivity index (χ1n) is 4.80. The number of halogens is 1. The van der Waals surface area contributed by atoms with Crippen molar-refractivity contribution in [2.24, 2.45) is 0 Å². The highest BCUT2D eigenvalue weighted by atomic mass is 35.5. The zero-order valence-corrected chi connectivity index (χ0v) is 9.83. The first kappa shape index (κ1) is 12.5. The van der Waals surface area contributed by atoms with Crippen molar-refractivity contribution in [3.8, 4) is 0 Å². The van der Waals surface area contributed by atoms with E-state index in [-0.39, 0.29) is 0 Å². The molecule has 0 atom stereocenters. The Labute approximate surface area is 100 Å². The number of hydrogen-bond acceptors (Lipinski definition) is 2. The standard InChI is InChI=1S/C13H13ClO2/c1-10(13(15)16-2)8-12(14)9-11-6-4-3-5-7-11/h3-7,9H,1,8H2,2H3. The first-order valence-corrected chi connectivity index (χ1v) is 5.18. The van der Waals surface area contributed by atoms with Gasteiger partial charge in [0.05, 0.1) is 7.11 Å². The Bertz CT molecular complexity index is 407. The van der Waals surface area contributed by atoms with Crippen molar-refractivity contribution < 1.29 is 9.53 Å². The molecule has 1 rings (SSSR count). The molecule has 1 aromatic rings. The van der Waals surface area contributed by atoms with E-state index >= 15 is 0 Å². The van der Waals surface area contributed by atoms with Gasteiger partial charge in [-0.25, -0.2) is 4.79 Å². The highest BCUT2D eigenvalue weighted by molar-refractivity contribution is 6.32. The number of benzene rings is 1. The topological polar surface area (TPSA) is 26.3 Å². The Balaban J connectivity index is 2.66. The van der Waals surface area contributed by atoms with Gasteiger partial charge in [0, 0.05) is 17.0 Å². The second kappa shape index (κ2) is 6.13. The van der Waals surface area contributed by atoms with Gasteiger partial charge in [0.15, 0.2) is 0 Å². The summed E-state index contributed by atoms with van der Waals surface area (Å²) in [5.74, 6) is -0.431. The molecule has 0 fully saturated rings. The molecule has 0 saturated heterocycles. The molecule has 0 heterocycles. The molecule has 0 saturated carbocycles. The summed E-state index contributed by atoms with van der Waals surface area (Å²) in [7, 11) is 1.32. The number of esters is 1. The minimum atomic E-state index is -0.431. The number of methoxy groups -OCH3 is 1. The van der Waals surface area contributed by atoms with Gasteiger partial charge in [-0.05, 0) is 11.6 Å². The van der Waals surface area contributed by atoms with E-state index < -0.39 is 5.97 Å². The summed E-state index contributed by atoms with van der Waals surface area (Å²) in [5, 5.41) is 0.557. The third-order valence-electron chi connectivity index (χ3n) is 1.98. The molecule has 0 unspecified atom stereocenters. The van der Waals surface area contributed by atoms with Crippen LogP contribution in [-0.2, 0) is 9.53 Å². The molecular weight excluding hydrogens is 224 g/mol. The van der Waals surface area contributed by atoms with Crippen molar-refractivity contribution in [3.63, 3.8) is 0 Å². The molecule has 0 aliphatic rings. The molecule has 3 heteroatoms. The summed E-state index contributed by atoms with van der Waals surface area (Å²) in [6.07, 6.45) is 2.11. The van der Waals surface area contributed by atoms with Crippen LogP contribution in [0.4, 0.5) is 0 Å². The molecule has 0 N–H and O–H groups in total. The second-order valence-electron chi connectivity index (χ2n) is 3.27. The average Bonchev–Trinajstić information content (AvgIpc) is 2.29. The summed E-state index contributed by atoms with van der Waals surface area (Å²) in [4.78, 5) is 11.1. The number of hydrogen-bond donors (Lipinski definition) is 0. The highest BCUT2D eigenvalue weighted by Crippen LogP contribution is 2.18. The van der Waals surface area contributed by atoms with E-state index in [1.807, 2.05) is 30.3 Å². The zero-order chi connectivity index (χ0) is 12.0. The lowest BCUT2D eigenvalue weighted by atomic mass is 10.1. The van der Waals surface area contributed by atoms with Crippen LogP contribution in [0.3, 0.4) is 0 Å². The van der Waals surface area contributed by atoms with Crippen molar-refractivity contribution in [1.29, 1.82) is 0 Å². The van der Waals surface area contributed by atoms with Crippen molar-refractivity contribution in [2.75, 3.05) is 7.11 Å². The van der Waals surface area contributed by atoms with Crippen LogP contribution >= 0.6 is 11.6 Å². The van der Waals surface area contributed by atoms with Gasteiger partial charge in [-0.1, -0.05) is 48.5 Å². The largest absolute Gasteiger partial charge is 0.466 e. The van der Waals surface area contributed by atoms with E-state index in [0.717, 1.165) is 5.56 Å². The Hall–Kier alpha value is -1.54. The van der Waals surface area contributed by atoms with Gasteiger partial charge in [0.1, 0.15) is 0 Å². The Morgan fingerprint density at radius 3 is 2.62 bits per heavy atom. The van der Waals surface area contributed by atoms with Crippen LogP contribution in [0.2, 0.25) is 0 Å². The lowest BCUT2D eigenvalue weighted by Crippen LogP contribution is -2.03. The van der Waals surface area contributed by atoms with Gasteiger partial charge in [-0.2, -0.15) is 0 Å². The molecule has 2 nitrogen and oxygen atoms in total. The highest BCUT2D eigenvalue weighted by Gasteiger charge is 2.07.